The summed E-state index contributed by atoms with van der Waals surface area (Å²) in [6.45, 7) is 6.49. The van der Waals surface area contributed by atoms with Gasteiger partial charge in [0, 0.05) is 0 Å². The predicted octanol–water partition coefficient (Wildman–Crippen LogP) is 5.68. The molecule has 0 spiro atoms. The maximum Gasteiger partial charge on any atom is 0.338 e. The number of hydrogen-bond donors (Lipinski definition) is 0. The smallest absolute Gasteiger partial charge is 0.338 e. The highest BCUT2D eigenvalue weighted by Gasteiger charge is 2.33. The van der Waals surface area contributed by atoms with Gasteiger partial charge < -0.3 is 9.47 Å². The molecular weight excluding hydrogens is 532 g/mol. The van der Waals surface area contributed by atoms with Crippen LogP contribution in [0.15, 0.2) is 112 Å². The second kappa shape index (κ2) is 12.8. The highest BCUT2D eigenvalue weighted by molar-refractivity contribution is 7.07. The Labute approximate surface area is 243 Å². The van der Waals surface area contributed by atoms with Crippen molar-refractivity contribution in [3.8, 4) is 5.75 Å². The molecule has 0 fully saturated rings. The van der Waals surface area contributed by atoms with Gasteiger partial charge in [0.2, 0.25) is 0 Å². The van der Waals surface area contributed by atoms with Crippen molar-refractivity contribution in [1.29, 1.82) is 0 Å². The molecule has 1 atom stereocenters. The molecule has 6 nitrogen and oxygen atoms in total. The minimum Gasteiger partial charge on any atom is -0.489 e. The molecule has 4 aromatic rings. The zero-order valence-electron chi connectivity index (χ0n) is 23.3. The Balaban J connectivity index is 1.51. The molecule has 0 N–H and O–H groups in total. The number of aromatic nitrogens is 1. The molecule has 0 radical (unpaired) electrons. The van der Waals surface area contributed by atoms with Gasteiger partial charge in [-0.25, -0.2) is 9.79 Å². The monoisotopic (exact) mass is 564 g/mol. The van der Waals surface area contributed by atoms with Gasteiger partial charge in [-0.3, -0.25) is 9.36 Å². The molecule has 1 aliphatic heterocycles. The molecule has 1 aliphatic rings. The fraction of sp³-hybridized carbons (Fsp3) is 0.206. The lowest BCUT2D eigenvalue weighted by Gasteiger charge is -2.25. The quantitative estimate of drug-likeness (QED) is 0.245. The third kappa shape index (κ3) is 6.64. The minimum atomic E-state index is -0.672. The van der Waals surface area contributed by atoms with Crippen molar-refractivity contribution in [2.24, 2.45) is 10.9 Å². The summed E-state index contributed by atoms with van der Waals surface area (Å²) in [6.07, 6.45) is 5.61. The lowest BCUT2D eigenvalue weighted by Crippen LogP contribution is -2.40. The lowest BCUT2D eigenvalue weighted by atomic mass is 9.96. The average molecular weight is 565 g/mol. The van der Waals surface area contributed by atoms with Crippen molar-refractivity contribution < 1.29 is 14.3 Å². The number of hydrogen-bond acceptors (Lipinski definition) is 6. The van der Waals surface area contributed by atoms with Crippen LogP contribution in [0.25, 0.3) is 12.2 Å². The number of nitrogens with zero attached hydrogens (tertiary/aromatic N) is 2. The van der Waals surface area contributed by atoms with E-state index in [1.165, 1.54) is 11.3 Å². The van der Waals surface area contributed by atoms with Crippen LogP contribution >= 0.6 is 11.3 Å². The summed E-state index contributed by atoms with van der Waals surface area (Å²) in [6, 6.07) is 26.7. The highest BCUT2D eigenvalue weighted by Crippen LogP contribution is 2.32. The van der Waals surface area contributed by atoms with E-state index in [1.807, 2.05) is 111 Å². The normalized spacial score (nSPS) is 15.2. The van der Waals surface area contributed by atoms with Crippen LogP contribution in [0, 0.1) is 5.92 Å². The largest absolute Gasteiger partial charge is 0.489 e. The Morgan fingerprint density at radius 1 is 1.00 bits per heavy atom. The van der Waals surface area contributed by atoms with Gasteiger partial charge in [0.15, 0.2) is 4.80 Å². The topological polar surface area (TPSA) is 69.9 Å². The van der Waals surface area contributed by atoms with E-state index in [0.717, 1.165) is 16.7 Å². The summed E-state index contributed by atoms with van der Waals surface area (Å²) in [5.74, 6) is 0.408. The fourth-order valence-electron chi connectivity index (χ4n) is 4.53. The standard InChI is InChI=1S/C34H32N2O4S/c1-23(2)21-40-33(38)30-24(3)35-34-36(32(37)29(41-34)16-10-15-25-11-6-4-7-12-25)31(30)27-17-19-28(20-18-27)39-22-26-13-8-5-9-14-26/h4-20,23,31H,21-22H2,1-3H3. The molecule has 0 bridgehead atoms. The number of thiazole rings is 1. The molecule has 0 saturated heterocycles. The van der Waals surface area contributed by atoms with Crippen molar-refractivity contribution in [3.63, 3.8) is 0 Å². The molecule has 0 aliphatic carbocycles. The van der Waals surface area contributed by atoms with E-state index < -0.39 is 12.0 Å². The minimum absolute atomic E-state index is 0.178. The molecule has 1 unspecified atom stereocenters. The molecule has 7 heteroatoms. The number of carbonyl (C=O) groups is 1. The van der Waals surface area contributed by atoms with Crippen LogP contribution in [-0.4, -0.2) is 17.1 Å². The average Bonchev–Trinajstić information content (AvgIpc) is 3.29. The van der Waals surface area contributed by atoms with Crippen LogP contribution in [0.3, 0.4) is 0 Å². The van der Waals surface area contributed by atoms with Crippen LogP contribution in [0.4, 0.5) is 0 Å². The number of ether oxygens (including phenoxy) is 2. The zero-order chi connectivity index (χ0) is 28.8. The van der Waals surface area contributed by atoms with Crippen molar-refractivity contribution in [2.45, 2.75) is 33.4 Å². The summed E-state index contributed by atoms with van der Waals surface area (Å²) in [5.41, 5.74) is 3.58. The first-order valence-corrected chi connectivity index (χ1v) is 14.4. The SMILES string of the molecule is CC1=C(C(=O)OCC(C)C)C(c2ccc(OCc3ccccc3)cc2)n2c(sc(=CC=Cc3ccccc3)c2=O)=N1. The van der Waals surface area contributed by atoms with E-state index in [1.54, 1.807) is 17.6 Å². The molecule has 1 aromatic heterocycles. The van der Waals surface area contributed by atoms with Crippen LogP contribution in [0.1, 0.15) is 43.5 Å². The summed E-state index contributed by atoms with van der Waals surface area (Å²) in [4.78, 5) is 32.4. The third-order valence-corrected chi connectivity index (χ3v) is 7.57. The van der Waals surface area contributed by atoms with Gasteiger partial charge in [-0.05, 0) is 47.7 Å². The fourth-order valence-corrected chi connectivity index (χ4v) is 5.53. The molecule has 2 heterocycles. The van der Waals surface area contributed by atoms with Crippen molar-refractivity contribution in [2.75, 3.05) is 6.61 Å². The van der Waals surface area contributed by atoms with Gasteiger partial charge in [-0.15, -0.1) is 0 Å². The van der Waals surface area contributed by atoms with Gasteiger partial charge in [0.05, 0.1) is 28.5 Å². The summed E-state index contributed by atoms with van der Waals surface area (Å²) < 4.78 is 13.7. The Hall–Kier alpha value is -4.49. The predicted molar refractivity (Wildman–Crippen MR) is 163 cm³/mol. The second-order valence-corrected chi connectivity index (χ2v) is 11.2. The number of benzene rings is 3. The van der Waals surface area contributed by atoms with Crippen LogP contribution in [0.5, 0.6) is 5.75 Å². The number of fused-ring (bicyclic) bond motifs is 1. The van der Waals surface area contributed by atoms with E-state index in [9.17, 15) is 9.59 Å². The van der Waals surface area contributed by atoms with Gasteiger partial charge in [-0.2, -0.15) is 0 Å². The molecule has 41 heavy (non-hydrogen) atoms. The van der Waals surface area contributed by atoms with Crippen LogP contribution < -0.4 is 19.6 Å². The number of esters is 1. The van der Waals surface area contributed by atoms with Crippen molar-refractivity contribution in [1.82, 2.24) is 4.57 Å². The van der Waals surface area contributed by atoms with E-state index >= 15 is 0 Å². The van der Waals surface area contributed by atoms with Gasteiger partial charge in [0.25, 0.3) is 5.56 Å². The van der Waals surface area contributed by atoms with Gasteiger partial charge in [-0.1, -0.05) is 110 Å². The van der Waals surface area contributed by atoms with Crippen molar-refractivity contribution >= 4 is 29.5 Å². The third-order valence-electron chi connectivity index (χ3n) is 6.57. The number of rotatable bonds is 9. The van der Waals surface area contributed by atoms with E-state index in [-0.39, 0.29) is 18.1 Å². The molecular formula is C34H32N2O4S. The molecule has 0 saturated carbocycles. The van der Waals surface area contributed by atoms with Gasteiger partial charge >= 0.3 is 5.97 Å². The number of carbonyl (C=O) groups excluding carboxylic acids is 1. The summed E-state index contributed by atoms with van der Waals surface area (Å²) >= 11 is 1.31. The Kier molecular flexibility index (Phi) is 8.75. The maximum atomic E-state index is 13.8. The second-order valence-electron chi connectivity index (χ2n) is 10.2. The molecule has 3 aromatic carbocycles. The van der Waals surface area contributed by atoms with Gasteiger partial charge in [0.1, 0.15) is 12.4 Å². The maximum absolute atomic E-state index is 13.8. The zero-order valence-corrected chi connectivity index (χ0v) is 24.1. The first-order valence-electron chi connectivity index (χ1n) is 13.6. The lowest BCUT2D eigenvalue weighted by molar-refractivity contribution is -0.140. The van der Waals surface area contributed by atoms with Crippen LogP contribution in [0.2, 0.25) is 0 Å². The number of allylic oxidation sites excluding steroid dienone is 2. The first-order chi connectivity index (χ1) is 19.9. The Bertz CT molecular complexity index is 1750. The molecule has 208 valence electrons. The van der Waals surface area contributed by atoms with Crippen LogP contribution in [-0.2, 0) is 16.1 Å². The van der Waals surface area contributed by atoms with E-state index in [4.69, 9.17) is 9.47 Å². The summed E-state index contributed by atoms with van der Waals surface area (Å²) in [5, 5.41) is 0. The highest BCUT2D eigenvalue weighted by atomic mass is 32.1. The molecule has 5 rings (SSSR count). The van der Waals surface area contributed by atoms with E-state index in [2.05, 4.69) is 4.99 Å². The van der Waals surface area contributed by atoms with Crippen molar-refractivity contribution in [3.05, 3.63) is 139 Å². The Morgan fingerprint density at radius 3 is 2.37 bits per heavy atom. The summed E-state index contributed by atoms with van der Waals surface area (Å²) in [7, 11) is 0. The van der Waals surface area contributed by atoms with E-state index in [0.29, 0.717) is 33.0 Å². The Morgan fingerprint density at radius 2 is 1.68 bits per heavy atom. The first kappa shape index (κ1) is 28.1. The molecule has 0 amide bonds.